The molecule has 2 N–H and O–H groups in total. The number of thiophene rings is 1. The molecule has 1 aromatic carbocycles. The highest BCUT2D eigenvalue weighted by atomic mass is 35.5. The van der Waals surface area contributed by atoms with E-state index in [0.29, 0.717) is 5.02 Å². The van der Waals surface area contributed by atoms with Gasteiger partial charge in [0.1, 0.15) is 5.75 Å². The van der Waals surface area contributed by atoms with Crippen LogP contribution < -0.4 is 10.5 Å². The van der Waals surface area contributed by atoms with Crippen molar-refractivity contribution in [2.75, 3.05) is 12.8 Å². The first-order valence-electron chi connectivity index (χ1n) is 6.44. The van der Waals surface area contributed by atoms with Crippen LogP contribution in [0.25, 0.3) is 11.1 Å². The molecule has 4 heteroatoms. The number of rotatable bonds is 2. The molecule has 0 atom stereocenters. The van der Waals surface area contributed by atoms with Gasteiger partial charge in [-0.15, -0.1) is 11.3 Å². The quantitative estimate of drug-likeness (QED) is 0.882. The Kier molecular flexibility index (Phi) is 3.42. The molecule has 0 saturated heterocycles. The largest absolute Gasteiger partial charge is 0.496 e. The molecule has 0 aliphatic heterocycles. The maximum atomic E-state index is 6.25. The van der Waals surface area contributed by atoms with E-state index in [0.717, 1.165) is 34.7 Å². The van der Waals surface area contributed by atoms with Crippen LogP contribution in [-0.2, 0) is 12.8 Å². The fourth-order valence-electron chi connectivity index (χ4n) is 2.76. The number of ether oxygens (including phenoxy) is 1. The number of nitrogens with two attached hydrogens (primary N) is 1. The van der Waals surface area contributed by atoms with Gasteiger partial charge in [-0.2, -0.15) is 0 Å². The van der Waals surface area contributed by atoms with Gasteiger partial charge in [-0.05, 0) is 49.4 Å². The minimum absolute atomic E-state index is 0.714. The number of aryl methyl sites for hydroxylation is 1. The Morgan fingerprint density at radius 1 is 1.26 bits per heavy atom. The van der Waals surface area contributed by atoms with E-state index in [1.54, 1.807) is 18.4 Å². The number of hydrogen-bond donors (Lipinski definition) is 1. The molecule has 0 fully saturated rings. The van der Waals surface area contributed by atoms with Crippen LogP contribution in [0, 0.1) is 0 Å². The Morgan fingerprint density at radius 3 is 2.84 bits per heavy atom. The Balaban J connectivity index is 2.21. The van der Waals surface area contributed by atoms with E-state index in [1.807, 2.05) is 18.2 Å². The highest BCUT2D eigenvalue weighted by molar-refractivity contribution is 7.16. The molecular formula is C15H16ClNOS. The third-order valence-electron chi connectivity index (χ3n) is 3.63. The van der Waals surface area contributed by atoms with Crippen LogP contribution in [-0.4, -0.2) is 7.11 Å². The topological polar surface area (TPSA) is 35.2 Å². The van der Waals surface area contributed by atoms with E-state index in [1.165, 1.54) is 23.3 Å². The number of halogens is 1. The van der Waals surface area contributed by atoms with Crippen molar-refractivity contribution in [2.45, 2.75) is 25.7 Å². The smallest absolute Gasteiger partial charge is 0.126 e. The summed E-state index contributed by atoms with van der Waals surface area (Å²) in [7, 11) is 1.68. The highest BCUT2D eigenvalue weighted by Gasteiger charge is 2.22. The Hall–Kier alpha value is -1.19. The molecule has 1 aliphatic carbocycles. The van der Waals surface area contributed by atoms with Gasteiger partial charge in [-0.1, -0.05) is 11.6 Å². The van der Waals surface area contributed by atoms with Crippen molar-refractivity contribution < 1.29 is 4.74 Å². The van der Waals surface area contributed by atoms with Crippen LogP contribution in [0.3, 0.4) is 0 Å². The third-order valence-corrected chi connectivity index (χ3v) is 4.99. The van der Waals surface area contributed by atoms with Crippen molar-refractivity contribution >= 4 is 27.9 Å². The molecule has 0 radical (unpaired) electrons. The zero-order chi connectivity index (χ0) is 13.4. The maximum Gasteiger partial charge on any atom is 0.126 e. The molecule has 0 unspecified atom stereocenters. The lowest BCUT2D eigenvalue weighted by atomic mass is 9.92. The van der Waals surface area contributed by atoms with E-state index in [2.05, 4.69) is 0 Å². The van der Waals surface area contributed by atoms with Crippen LogP contribution in [0.4, 0.5) is 5.00 Å². The van der Waals surface area contributed by atoms with E-state index >= 15 is 0 Å². The normalized spacial score (nSPS) is 14.2. The zero-order valence-electron chi connectivity index (χ0n) is 10.8. The Morgan fingerprint density at radius 2 is 2.05 bits per heavy atom. The molecule has 1 heterocycles. The summed E-state index contributed by atoms with van der Waals surface area (Å²) in [6.45, 7) is 0. The zero-order valence-corrected chi connectivity index (χ0v) is 12.4. The van der Waals surface area contributed by atoms with Gasteiger partial charge in [0, 0.05) is 21.0 Å². The lowest BCUT2D eigenvalue weighted by molar-refractivity contribution is 0.416. The van der Waals surface area contributed by atoms with Gasteiger partial charge in [0.25, 0.3) is 0 Å². The summed E-state index contributed by atoms with van der Waals surface area (Å²) in [5.41, 5.74) is 9.80. The van der Waals surface area contributed by atoms with Crippen molar-refractivity contribution in [1.82, 2.24) is 0 Å². The number of benzene rings is 1. The average Bonchev–Trinajstić information content (AvgIpc) is 2.74. The maximum absolute atomic E-state index is 6.25. The SMILES string of the molecule is COc1ccc(Cl)cc1-c1c(N)sc2c1CCCC2. The molecule has 2 aromatic rings. The predicted octanol–water partition coefficient (Wildman–Crippen LogP) is 4.54. The Bertz CT molecular complexity index is 621. The summed E-state index contributed by atoms with van der Waals surface area (Å²) in [6.07, 6.45) is 4.75. The van der Waals surface area contributed by atoms with Crippen LogP contribution in [0.1, 0.15) is 23.3 Å². The minimum Gasteiger partial charge on any atom is -0.496 e. The first kappa shape index (κ1) is 12.8. The highest BCUT2D eigenvalue weighted by Crippen LogP contribution is 2.46. The third kappa shape index (κ3) is 2.21. The molecule has 19 heavy (non-hydrogen) atoms. The van der Waals surface area contributed by atoms with Crippen LogP contribution in [0.15, 0.2) is 18.2 Å². The van der Waals surface area contributed by atoms with Gasteiger partial charge in [-0.3, -0.25) is 0 Å². The van der Waals surface area contributed by atoms with Crippen LogP contribution in [0.2, 0.25) is 5.02 Å². The summed E-state index contributed by atoms with van der Waals surface area (Å²) < 4.78 is 5.46. The van der Waals surface area contributed by atoms with Gasteiger partial charge in [0.05, 0.1) is 12.1 Å². The fraction of sp³-hybridized carbons (Fsp3) is 0.333. The first-order valence-corrected chi connectivity index (χ1v) is 7.64. The van der Waals surface area contributed by atoms with Crippen molar-refractivity contribution in [2.24, 2.45) is 0 Å². The number of hydrogen-bond acceptors (Lipinski definition) is 3. The van der Waals surface area contributed by atoms with E-state index in [-0.39, 0.29) is 0 Å². The molecule has 2 nitrogen and oxygen atoms in total. The second kappa shape index (κ2) is 5.06. The summed E-state index contributed by atoms with van der Waals surface area (Å²) in [5.74, 6) is 0.835. The lowest BCUT2D eigenvalue weighted by Crippen LogP contribution is -2.00. The van der Waals surface area contributed by atoms with Crippen LogP contribution in [0.5, 0.6) is 5.75 Å². The standard InChI is InChI=1S/C15H16ClNOS/c1-18-12-7-6-9(16)8-11(12)14-10-4-2-3-5-13(10)19-15(14)17/h6-8H,2-5,17H2,1H3. The molecule has 0 bridgehead atoms. The first-order chi connectivity index (χ1) is 9.20. The summed E-state index contributed by atoms with van der Waals surface area (Å²) in [6, 6.07) is 5.70. The monoisotopic (exact) mass is 293 g/mol. The van der Waals surface area contributed by atoms with Crippen molar-refractivity contribution in [1.29, 1.82) is 0 Å². The van der Waals surface area contributed by atoms with Crippen molar-refractivity contribution in [3.8, 4) is 16.9 Å². The molecule has 1 aliphatic rings. The number of nitrogen functional groups attached to an aromatic ring is 1. The number of methoxy groups -OCH3 is 1. The van der Waals surface area contributed by atoms with E-state index in [9.17, 15) is 0 Å². The predicted molar refractivity (Wildman–Crippen MR) is 82.4 cm³/mol. The number of anilines is 1. The van der Waals surface area contributed by atoms with Crippen molar-refractivity contribution in [3.63, 3.8) is 0 Å². The second-order valence-electron chi connectivity index (χ2n) is 4.79. The molecular weight excluding hydrogens is 278 g/mol. The summed E-state index contributed by atoms with van der Waals surface area (Å²) >= 11 is 7.85. The molecule has 0 spiro atoms. The molecule has 0 saturated carbocycles. The Labute approximate surface area is 122 Å². The lowest BCUT2D eigenvalue weighted by Gasteiger charge is -2.15. The van der Waals surface area contributed by atoms with Crippen molar-refractivity contribution in [3.05, 3.63) is 33.7 Å². The fourth-order valence-corrected chi connectivity index (χ4v) is 4.10. The average molecular weight is 294 g/mol. The molecule has 3 rings (SSSR count). The van der Waals surface area contributed by atoms with Crippen LogP contribution >= 0.6 is 22.9 Å². The van der Waals surface area contributed by atoms with Gasteiger partial charge in [0.15, 0.2) is 0 Å². The van der Waals surface area contributed by atoms with Gasteiger partial charge in [0.2, 0.25) is 0 Å². The molecule has 0 amide bonds. The number of fused-ring (bicyclic) bond motifs is 1. The van der Waals surface area contributed by atoms with Gasteiger partial charge in [-0.25, -0.2) is 0 Å². The van der Waals surface area contributed by atoms with Gasteiger partial charge < -0.3 is 10.5 Å². The van der Waals surface area contributed by atoms with E-state index in [4.69, 9.17) is 22.1 Å². The van der Waals surface area contributed by atoms with Gasteiger partial charge >= 0.3 is 0 Å². The van der Waals surface area contributed by atoms with E-state index < -0.39 is 0 Å². The minimum atomic E-state index is 0.714. The summed E-state index contributed by atoms with van der Waals surface area (Å²) in [5, 5.41) is 1.60. The molecule has 100 valence electrons. The second-order valence-corrected chi connectivity index (χ2v) is 6.37. The molecule has 1 aromatic heterocycles. The summed E-state index contributed by atoms with van der Waals surface area (Å²) in [4.78, 5) is 1.43.